The van der Waals surface area contributed by atoms with Gasteiger partial charge in [-0.3, -0.25) is 29.2 Å². The van der Waals surface area contributed by atoms with Gasteiger partial charge in [-0.2, -0.15) is 9.50 Å². The van der Waals surface area contributed by atoms with Crippen molar-refractivity contribution in [1.82, 2.24) is 55.1 Å². The summed E-state index contributed by atoms with van der Waals surface area (Å²) in [5, 5.41) is 13.4. The number of nitrogens with one attached hydrogen (secondary N) is 3. The van der Waals surface area contributed by atoms with E-state index in [1.807, 2.05) is 76.7 Å². The zero-order chi connectivity index (χ0) is 76.1. The van der Waals surface area contributed by atoms with Crippen LogP contribution in [0, 0.1) is 52.4 Å². The Kier molecular flexibility index (Phi) is 29.5. The lowest BCUT2D eigenvalue weighted by Gasteiger charge is -2.40. The van der Waals surface area contributed by atoms with Crippen molar-refractivity contribution in [2.24, 2.45) is 0 Å². The lowest BCUT2D eigenvalue weighted by molar-refractivity contribution is -0.149. The average Bonchev–Trinajstić information content (AvgIpc) is 1.62. The fraction of sp³-hybridized carbons (Fsp3) is 0.453. The van der Waals surface area contributed by atoms with Crippen molar-refractivity contribution in [2.45, 2.75) is 58.9 Å². The lowest BCUT2D eigenvalue weighted by Crippen LogP contribution is -2.53. The SMILES string of the molecule is CC(CN(C)c1cc2nc(-c3ccco3)nn2c(N)n1)N1CCN(c2ccc(F)cc2)CC1.CCOC(=O)C(C)N1CCN(c2ccc(F)cc2F)CC1.CNC(=O)C(C)N1CCN(c2ccc(F)cc2F)CC1.CNC(C)N1CCN(c2ccc(F)cc2F)CC1.Fc1ccc(N2CCNCC2)c(F)c1. The van der Waals surface area contributed by atoms with Crippen LogP contribution in [-0.2, 0) is 14.3 Å². The van der Waals surface area contributed by atoms with Crippen molar-refractivity contribution >= 4 is 57.7 Å². The Labute approximate surface area is 613 Å². The van der Waals surface area contributed by atoms with Gasteiger partial charge in [-0.15, -0.1) is 5.10 Å². The molecule has 0 aliphatic carbocycles. The van der Waals surface area contributed by atoms with Gasteiger partial charge in [-0.1, -0.05) is 0 Å². The molecular formula is C75H97F9N18O4. The summed E-state index contributed by atoms with van der Waals surface area (Å²) in [6, 6.07) is 26.7. The first-order valence-corrected chi connectivity index (χ1v) is 35.7. The minimum absolute atomic E-state index is 0.0218. The number of esters is 1. The van der Waals surface area contributed by atoms with Gasteiger partial charge in [0.1, 0.15) is 64.2 Å². The van der Waals surface area contributed by atoms with Gasteiger partial charge in [0.25, 0.3) is 0 Å². The normalized spacial score (nSPS) is 17.3. The van der Waals surface area contributed by atoms with Crippen LogP contribution >= 0.6 is 0 Å². The molecule has 31 heteroatoms. The first-order valence-electron chi connectivity index (χ1n) is 35.7. The molecular weight excluding hydrogens is 1390 g/mol. The molecule has 5 N–H and O–H groups in total. The number of halogens is 9. The van der Waals surface area contributed by atoms with E-state index in [-0.39, 0.29) is 35.7 Å². The maximum absolute atomic E-state index is 13.7. The number of ether oxygens (including phenoxy) is 1. The molecule has 1 amide bonds. The van der Waals surface area contributed by atoms with E-state index in [0.717, 1.165) is 121 Å². The molecule has 4 unspecified atom stereocenters. The summed E-state index contributed by atoms with van der Waals surface area (Å²) in [6.45, 7) is 26.1. The van der Waals surface area contributed by atoms with Crippen LogP contribution in [0.2, 0.25) is 0 Å². The first kappa shape index (κ1) is 80.7. The monoisotopic (exact) mass is 1480 g/mol. The Hall–Kier alpha value is -9.40. The van der Waals surface area contributed by atoms with Crippen LogP contribution in [0.1, 0.15) is 34.6 Å². The van der Waals surface area contributed by atoms with E-state index in [0.29, 0.717) is 111 Å². The molecule has 0 radical (unpaired) electrons. The minimum atomic E-state index is -0.578. The second-order valence-electron chi connectivity index (χ2n) is 26.3. The number of hydrogen-bond acceptors (Lipinski definition) is 20. The van der Waals surface area contributed by atoms with Gasteiger partial charge >= 0.3 is 5.97 Å². The summed E-state index contributed by atoms with van der Waals surface area (Å²) in [6.07, 6.45) is 1.91. The van der Waals surface area contributed by atoms with E-state index in [1.54, 1.807) is 26.3 Å². The second kappa shape index (κ2) is 38.7. The number of carbonyl (C=O) groups excluding carboxylic acids is 2. The van der Waals surface area contributed by atoms with Crippen LogP contribution < -0.4 is 51.1 Å². The smallest absolute Gasteiger partial charge is 0.323 e. The number of hydrogen-bond donors (Lipinski definition) is 4. The molecule has 22 nitrogen and oxygen atoms in total. The lowest BCUT2D eigenvalue weighted by atomic mass is 10.2. The van der Waals surface area contributed by atoms with Crippen LogP contribution in [0.25, 0.3) is 17.2 Å². The number of aromatic nitrogens is 4. The van der Waals surface area contributed by atoms with Crippen molar-refractivity contribution in [3.8, 4) is 11.6 Å². The topological polar surface area (TPSA) is 194 Å². The molecule has 0 bridgehead atoms. The fourth-order valence-electron chi connectivity index (χ4n) is 13.2. The van der Waals surface area contributed by atoms with Gasteiger partial charge in [0, 0.05) is 194 Å². The van der Waals surface area contributed by atoms with E-state index in [4.69, 9.17) is 14.9 Å². The Bertz CT molecular complexity index is 4070. The number of amides is 1. The van der Waals surface area contributed by atoms with Crippen molar-refractivity contribution in [1.29, 1.82) is 0 Å². The number of carbonyl (C=O) groups is 2. The van der Waals surface area contributed by atoms with E-state index < -0.39 is 46.5 Å². The van der Waals surface area contributed by atoms with Crippen LogP contribution in [0.3, 0.4) is 0 Å². The zero-order valence-corrected chi connectivity index (χ0v) is 61.3. The third-order valence-electron chi connectivity index (χ3n) is 19.5. The Morgan fingerprint density at radius 1 is 0.538 bits per heavy atom. The summed E-state index contributed by atoms with van der Waals surface area (Å²) in [4.78, 5) is 53.2. The third kappa shape index (κ3) is 21.9. The first-order chi connectivity index (χ1) is 50.9. The highest BCUT2D eigenvalue weighted by molar-refractivity contribution is 5.81. The second-order valence-corrected chi connectivity index (χ2v) is 26.3. The molecule has 13 rings (SSSR count). The van der Waals surface area contributed by atoms with Gasteiger partial charge in [-0.05, 0) is 127 Å². The molecule has 4 atom stereocenters. The Morgan fingerprint density at radius 3 is 1.39 bits per heavy atom. The maximum Gasteiger partial charge on any atom is 0.323 e. The summed E-state index contributed by atoms with van der Waals surface area (Å²) < 4.78 is 131. The Morgan fingerprint density at radius 2 is 0.962 bits per heavy atom. The third-order valence-corrected chi connectivity index (χ3v) is 19.5. The number of likely N-dealkylation sites (N-methyl/N-ethyl adjacent to an activating group) is 2. The van der Waals surface area contributed by atoms with Gasteiger partial charge in [-0.25, -0.2) is 44.5 Å². The van der Waals surface area contributed by atoms with Gasteiger partial charge < -0.3 is 60.2 Å². The van der Waals surface area contributed by atoms with E-state index in [9.17, 15) is 49.1 Å². The van der Waals surface area contributed by atoms with Crippen LogP contribution in [0.15, 0.2) is 126 Å². The molecule has 106 heavy (non-hydrogen) atoms. The van der Waals surface area contributed by atoms with Crippen molar-refractivity contribution in [3.63, 3.8) is 0 Å². The number of nitrogen functional groups attached to an aromatic ring is 1. The van der Waals surface area contributed by atoms with Crippen LogP contribution in [0.4, 0.5) is 79.7 Å². The molecule has 5 aliphatic rings. The number of fused-ring (bicyclic) bond motifs is 1. The highest BCUT2D eigenvalue weighted by Crippen LogP contribution is 2.28. The zero-order valence-electron chi connectivity index (χ0n) is 61.3. The van der Waals surface area contributed by atoms with Gasteiger partial charge in [0.15, 0.2) is 11.4 Å². The van der Waals surface area contributed by atoms with Crippen LogP contribution in [-0.4, -0.2) is 241 Å². The summed E-state index contributed by atoms with van der Waals surface area (Å²) >= 11 is 0. The average molecular weight is 1490 g/mol. The molecule has 8 aromatic rings. The Balaban J connectivity index is 0.000000158. The predicted molar refractivity (Wildman–Crippen MR) is 396 cm³/mol. The molecule has 5 saturated heterocycles. The van der Waals surface area contributed by atoms with E-state index in [1.165, 1.54) is 65.2 Å². The molecule has 5 aromatic carbocycles. The molecule has 0 spiro atoms. The van der Waals surface area contributed by atoms with Crippen molar-refractivity contribution in [3.05, 3.63) is 174 Å². The van der Waals surface area contributed by atoms with E-state index in [2.05, 4.69) is 69.4 Å². The van der Waals surface area contributed by atoms with Gasteiger partial charge in [0.2, 0.25) is 17.7 Å². The van der Waals surface area contributed by atoms with Crippen molar-refractivity contribution < 1.29 is 58.3 Å². The number of piperazine rings is 5. The molecule has 8 heterocycles. The summed E-state index contributed by atoms with van der Waals surface area (Å²) in [7, 11) is 5.55. The molecule has 5 fully saturated rings. The largest absolute Gasteiger partial charge is 0.465 e. The molecule has 3 aromatic heterocycles. The number of nitrogens with zero attached hydrogens (tertiary/aromatic N) is 14. The van der Waals surface area contributed by atoms with Crippen LogP contribution in [0.5, 0.6) is 0 Å². The highest BCUT2D eigenvalue weighted by atomic mass is 19.2. The quantitative estimate of drug-likeness (QED) is 0.0498. The van der Waals surface area contributed by atoms with E-state index >= 15 is 0 Å². The molecule has 5 aliphatic heterocycles. The number of benzene rings is 5. The summed E-state index contributed by atoms with van der Waals surface area (Å²) in [5.74, 6) is -2.65. The fourth-order valence-corrected chi connectivity index (χ4v) is 13.2. The number of furan rings is 1. The number of anilines is 7. The highest BCUT2D eigenvalue weighted by Gasteiger charge is 2.30. The van der Waals surface area contributed by atoms with Crippen molar-refractivity contribution in [2.75, 3.05) is 200 Å². The standard InChI is InChI=1S/C23H27FN8O.C15H20F2N2O2.C14H19F2N3O.C13H19F2N3.C10H12F2N2/c1-16(30-9-11-31(12-10-30)18-7-5-17(24)6-8-18)15-29(2)20-14-21-26-22(19-4-3-13-33-19)28-32(21)23(25)27-20;1-3-21-15(20)11(2)18-6-8-19(9-7-18)14-5-4-12(16)10-13(14)17;1-10(14(20)17-2)18-5-7-19(8-6-18)13-4-3-11(15)9-12(13)16;1-10(16-2)17-5-7-18(8-6-17)13-4-3-11(14)9-12(13)15;11-8-1-2-10(9(12)7-8)14-5-3-13-4-6-14/h3-8,13-14,16H,9-12,15H2,1-2H3,(H2,25,27);4-5,10-11H,3,6-9H2,1-2H3;3-4,9-10H,5-8H2,1-2H3,(H,17,20);3-4,9-10,16H,5-8H2,1-2H3;1-2,7,13H,3-6H2. The minimum Gasteiger partial charge on any atom is -0.465 e. The molecule has 574 valence electrons. The number of rotatable bonds is 17. The predicted octanol–water partition coefficient (Wildman–Crippen LogP) is 9.04. The summed E-state index contributed by atoms with van der Waals surface area (Å²) in [5.41, 5.74) is 9.66. The van der Waals surface area contributed by atoms with Gasteiger partial charge in [0.05, 0.1) is 47.8 Å². The molecule has 0 saturated carbocycles. The maximum atomic E-state index is 13.7. The number of nitrogens with two attached hydrogens (primary N) is 1.